The number of nitrogens with zero attached hydrogens (tertiary/aromatic N) is 2. The quantitative estimate of drug-likeness (QED) is 0.805. The maximum atomic E-state index is 12.4. The first-order valence-electron chi connectivity index (χ1n) is 5.73. The van der Waals surface area contributed by atoms with Crippen LogP contribution in [0.3, 0.4) is 0 Å². The third-order valence-corrected chi connectivity index (χ3v) is 4.55. The number of carbonyl (C=O) groups is 1. The van der Waals surface area contributed by atoms with E-state index in [0.29, 0.717) is 17.0 Å². The van der Waals surface area contributed by atoms with Crippen molar-refractivity contribution >= 4 is 15.8 Å². The molecule has 0 unspecified atom stereocenters. The second-order valence-corrected chi connectivity index (χ2v) is 6.03. The summed E-state index contributed by atoms with van der Waals surface area (Å²) < 4.78 is 25.8. The summed E-state index contributed by atoms with van der Waals surface area (Å²) in [6.45, 7) is 4.61. The monoisotopic (exact) mass is 278 g/mol. The van der Waals surface area contributed by atoms with Crippen LogP contribution in [-0.4, -0.2) is 23.4 Å². The van der Waals surface area contributed by atoms with Crippen LogP contribution in [0.1, 0.15) is 28.7 Å². The number of aromatic nitrogens is 2. The summed E-state index contributed by atoms with van der Waals surface area (Å²) in [6, 6.07) is 8.02. The molecule has 0 spiro atoms. The number of rotatable bonds is 3. The fourth-order valence-corrected chi connectivity index (χ4v) is 3.44. The van der Waals surface area contributed by atoms with Crippen LogP contribution in [0.15, 0.2) is 35.2 Å². The van der Waals surface area contributed by atoms with E-state index in [4.69, 9.17) is 0 Å². The van der Waals surface area contributed by atoms with Gasteiger partial charge in [-0.25, -0.2) is 0 Å². The zero-order chi connectivity index (χ0) is 14.2. The predicted octanol–water partition coefficient (Wildman–Crippen LogP) is 1.94. The van der Waals surface area contributed by atoms with Crippen molar-refractivity contribution in [1.29, 1.82) is 0 Å². The molecule has 100 valence electrons. The number of Topliss-reactive ketones (excluding diaryl/α,β-unsaturated/α-hetero) is 1. The van der Waals surface area contributed by atoms with Crippen molar-refractivity contribution in [3.8, 4) is 0 Å². The van der Waals surface area contributed by atoms with Crippen LogP contribution < -0.4 is 0 Å². The van der Waals surface area contributed by atoms with Gasteiger partial charge in [-0.2, -0.15) is 17.6 Å². The van der Waals surface area contributed by atoms with Gasteiger partial charge in [0.25, 0.3) is 10.0 Å². The van der Waals surface area contributed by atoms with E-state index in [-0.39, 0.29) is 10.7 Å². The molecule has 0 radical (unpaired) electrons. The maximum Gasteiger partial charge on any atom is 0.283 e. The van der Waals surface area contributed by atoms with Gasteiger partial charge in [0, 0.05) is 0 Å². The summed E-state index contributed by atoms with van der Waals surface area (Å²) >= 11 is 0. The highest BCUT2D eigenvalue weighted by atomic mass is 32.2. The van der Waals surface area contributed by atoms with Gasteiger partial charge < -0.3 is 0 Å². The van der Waals surface area contributed by atoms with Crippen LogP contribution in [-0.2, 0) is 10.0 Å². The normalized spacial score (nSPS) is 11.5. The number of benzene rings is 1. The number of hydrogen-bond acceptors (Lipinski definition) is 4. The lowest BCUT2D eigenvalue weighted by atomic mass is 10.1. The highest BCUT2D eigenvalue weighted by Gasteiger charge is 2.24. The van der Waals surface area contributed by atoms with Crippen molar-refractivity contribution in [2.24, 2.45) is 0 Å². The minimum atomic E-state index is -3.75. The van der Waals surface area contributed by atoms with Gasteiger partial charge in [-0.15, -0.1) is 0 Å². The van der Waals surface area contributed by atoms with Crippen molar-refractivity contribution in [1.82, 2.24) is 9.19 Å². The Kier molecular flexibility index (Phi) is 3.28. The summed E-state index contributed by atoms with van der Waals surface area (Å²) in [5, 5.41) is 3.99. The molecule has 5 nitrogen and oxygen atoms in total. The van der Waals surface area contributed by atoms with E-state index in [0.717, 1.165) is 4.09 Å². The number of aryl methyl sites for hydroxylation is 1. The summed E-state index contributed by atoms with van der Waals surface area (Å²) in [6.07, 6.45) is 0. The maximum absolute atomic E-state index is 12.4. The minimum Gasteiger partial charge on any atom is -0.294 e. The zero-order valence-corrected chi connectivity index (χ0v) is 11.7. The number of hydrogen-bond donors (Lipinski definition) is 0. The molecule has 1 aromatic heterocycles. The van der Waals surface area contributed by atoms with Gasteiger partial charge in [0.1, 0.15) is 0 Å². The Labute approximate surface area is 111 Å². The van der Waals surface area contributed by atoms with Crippen molar-refractivity contribution in [2.45, 2.75) is 25.7 Å². The third-order valence-electron chi connectivity index (χ3n) is 2.87. The second-order valence-electron chi connectivity index (χ2n) is 4.26. The topological polar surface area (TPSA) is 69.0 Å². The molecule has 0 amide bonds. The highest BCUT2D eigenvalue weighted by Crippen LogP contribution is 2.19. The van der Waals surface area contributed by atoms with Crippen molar-refractivity contribution in [3.05, 3.63) is 47.3 Å². The largest absolute Gasteiger partial charge is 0.294 e. The summed E-state index contributed by atoms with van der Waals surface area (Å²) in [4.78, 5) is 11.7. The Morgan fingerprint density at radius 3 is 2.21 bits per heavy atom. The fourth-order valence-electron chi connectivity index (χ4n) is 2.05. The first kappa shape index (κ1) is 13.5. The molecule has 2 aromatic rings. The van der Waals surface area contributed by atoms with Crippen LogP contribution in [0, 0.1) is 13.8 Å². The Bertz CT molecular complexity index is 731. The van der Waals surface area contributed by atoms with Gasteiger partial charge in [0.2, 0.25) is 0 Å². The molecule has 0 aliphatic carbocycles. The third kappa shape index (κ3) is 2.19. The lowest BCUT2D eigenvalue weighted by molar-refractivity contribution is 0.101. The van der Waals surface area contributed by atoms with Gasteiger partial charge in [-0.1, -0.05) is 18.2 Å². The first-order chi connectivity index (χ1) is 8.85. The molecule has 0 bridgehead atoms. The molecule has 0 atom stereocenters. The molecule has 0 saturated carbocycles. The van der Waals surface area contributed by atoms with Crippen LogP contribution in [0.2, 0.25) is 0 Å². The smallest absolute Gasteiger partial charge is 0.283 e. The van der Waals surface area contributed by atoms with Gasteiger partial charge in [-0.3, -0.25) is 4.79 Å². The molecule has 1 heterocycles. The van der Waals surface area contributed by atoms with E-state index in [2.05, 4.69) is 5.10 Å². The van der Waals surface area contributed by atoms with Crippen molar-refractivity contribution in [2.75, 3.05) is 0 Å². The first-order valence-corrected chi connectivity index (χ1v) is 7.17. The van der Waals surface area contributed by atoms with Crippen LogP contribution in [0.4, 0.5) is 0 Å². The molecule has 2 rings (SSSR count). The Morgan fingerprint density at radius 1 is 1.16 bits per heavy atom. The Balaban J connectivity index is 2.67. The molecule has 6 heteroatoms. The fraction of sp³-hybridized carbons (Fsp3) is 0.231. The van der Waals surface area contributed by atoms with E-state index in [1.165, 1.54) is 19.1 Å². The summed E-state index contributed by atoms with van der Waals surface area (Å²) in [7, 11) is -3.75. The number of carbonyl (C=O) groups excluding carboxylic acids is 1. The van der Waals surface area contributed by atoms with Gasteiger partial charge >= 0.3 is 0 Å². The van der Waals surface area contributed by atoms with E-state index >= 15 is 0 Å². The molecule has 19 heavy (non-hydrogen) atoms. The molecule has 0 saturated heterocycles. The van der Waals surface area contributed by atoms with Crippen molar-refractivity contribution < 1.29 is 13.2 Å². The molecular weight excluding hydrogens is 264 g/mol. The molecule has 0 aliphatic rings. The number of ketones is 1. The minimum absolute atomic E-state index is 0.149. The van der Waals surface area contributed by atoms with Crippen LogP contribution >= 0.6 is 0 Å². The summed E-state index contributed by atoms with van der Waals surface area (Å²) in [5.74, 6) is -0.190. The molecule has 1 aromatic carbocycles. The van der Waals surface area contributed by atoms with Crippen molar-refractivity contribution in [3.63, 3.8) is 0 Å². The van der Waals surface area contributed by atoms with Crippen LogP contribution in [0.25, 0.3) is 0 Å². The van der Waals surface area contributed by atoms with E-state index in [1.54, 1.807) is 32.0 Å². The van der Waals surface area contributed by atoms with E-state index < -0.39 is 10.0 Å². The van der Waals surface area contributed by atoms with Gasteiger partial charge in [0.05, 0.1) is 21.8 Å². The van der Waals surface area contributed by atoms with Gasteiger partial charge in [-0.05, 0) is 32.9 Å². The summed E-state index contributed by atoms with van der Waals surface area (Å²) in [5.41, 5.74) is 1.12. The lowest BCUT2D eigenvalue weighted by Gasteiger charge is -2.06. The Hall–Kier alpha value is -1.95. The average Bonchev–Trinajstić information content (AvgIpc) is 2.66. The molecule has 0 aliphatic heterocycles. The van der Waals surface area contributed by atoms with E-state index in [1.807, 2.05) is 0 Å². The second kappa shape index (κ2) is 4.62. The average molecular weight is 278 g/mol. The predicted molar refractivity (Wildman–Crippen MR) is 70.7 cm³/mol. The van der Waals surface area contributed by atoms with Gasteiger partial charge in [0.15, 0.2) is 5.78 Å². The molecule has 0 N–H and O–H groups in total. The molecule has 0 fully saturated rings. The van der Waals surface area contributed by atoms with Crippen LogP contribution in [0.5, 0.6) is 0 Å². The Morgan fingerprint density at radius 2 is 1.74 bits per heavy atom. The zero-order valence-electron chi connectivity index (χ0n) is 10.9. The molecular formula is C13H14N2O3S. The lowest BCUT2D eigenvalue weighted by Crippen LogP contribution is -2.16. The highest BCUT2D eigenvalue weighted by molar-refractivity contribution is 7.89. The standard InChI is InChI=1S/C13H14N2O3S/c1-9-13(11(3)16)10(2)15(14-9)19(17,18)12-7-5-4-6-8-12/h4-8H,1-3H3. The SMILES string of the molecule is CC(=O)c1c(C)nn(S(=O)(=O)c2ccccc2)c1C. The van der Waals surface area contributed by atoms with E-state index in [9.17, 15) is 13.2 Å².